The van der Waals surface area contributed by atoms with Crippen molar-refractivity contribution >= 4 is 0 Å². The summed E-state index contributed by atoms with van der Waals surface area (Å²) < 4.78 is 8.25. The van der Waals surface area contributed by atoms with Gasteiger partial charge in [-0.05, 0) is 43.5 Å². The highest BCUT2D eigenvalue weighted by Gasteiger charge is 2.16. The first kappa shape index (κ1) is 24.7. The van der Waals surface area contributed by atoms with Crippen LogP contribution in [0.5, 0.6) is 5.75 Å². The van der Waals surface area contributed by atoms with E-state index in [4.69, 9.17) is 9.72 Å². The molecule has 0 amide bonds. The van der Waals surface area contributed by atoms with Gasteiger partial charge in [0.1, 0.15) is 11.6 Å². The zero-order chi connectivity index (χ0) is 24.5. The van der Waals surface area contributed by atoms with E-state index < -0.39 is 0 Å². The summed E-state index contributed by atoms with van der Waals surface area (Å²) >= 11 is 0. The number of unbranched alkanes of at least 4 members (excludes halogenated alkanes) is 1. The maximum atomic E-state index is 5.84. The highest BCUT2D eigenvalue weighted by molar-refractivity contribution is 5.55. The first-order valence-electron chi connectivity index (χ1n) is 12.7. The van der Waals surface area contributed by atoms with E-state index in [0.29, 0.717) is 0 Å². The number of aromatic nitrogens is 2. The number of imidazole rings is 1. The molecule has 4 heteroatoms. The van der Waals surface area contributed by atoms with Gasteiger partial charge in [0.05, 0.1) is 18.0 Å². The minimum absolute atomic E-state index is 0.178. The number of hydrogen-bond acceptors (Lipinski definition) is 3. The van der Waals surface area contributed by atoms with E-state index in [1.54, 1.807) is 0 Å². The highest BCUT2D eigenvalue weighted by atomic mass is 16.5. The second-order valence-corrected chi connectivity index (χ2v) is 9.39. The Balaban J connectivity index is 1.59. The quantitative estimate of drug-likeness (QED) is 0.218. The number of rotatable bonds is 12. The van der Waals surface area contributed by atoms with Gasteiger partial charge in [0.25, 0.3) is 0 Å². The van der Waals surface area contributed by atoms with Crippen molar-refractivity contribution < 1.29 is 4.74 Å². The van der Waals surface area contributed by atoms with E-state index in [1.165, 1.54) is 22.4 Å². The van der Waals surface area contributed by atoms with E-state index in [0.717, 1.165) is 50.6 Å². The fraction of sp³-hybridized carbons (Fsp3) is 0.323. The number of ether oxygens (including phenoxy) is 1. The summed E-state index contributed by atoms with van der Waals surface area (Å²) in [4.78, 5) is 7.37. The SMILES string of the molecule is CCCCn1c(CN(Cc2ccccc2)Cc2ccc(OC(C)C)cc2)cnc1-c1ccccc1. The summed E-state index contributed by atoms with van der Waals surface area (Å²) in [5.41, 5.74) is 5.02. The molecule has 0 aliphatic rings. The Morgan fingerprint density at radius 2 is 1.43 bits per heavy atom. The van der Waals surface area contributed by atoms with Crippen LogP contribution < -0.4 is 4.74 Å². The smallest absolute Gasteiger partial charge is 0.140 e. The van der Waals surface area contributed by atoms with Crippen LogP contribution in [0.3, 0.4) is 0 Å². The molecule has 35 heavy (non-hydrogen) atoms. The fourth-order valence-corrected chi connectivity index (χ4v) is 4.36. The van der Waals surface area contributed by atoms with Gasteiger partial charge < -0.3 is 9.30 Å². The van der Waals surface area contributed by atoms with Crippen LogP contribution >= 0.6 is 0 Å². The lowest BCUT2D eigenvalue weighted by atomic mass is 10.1. The van der Waals surface area contributed by atoms with Crippen LogP contribution in [0.1, 0.15) is 50.4 Å². The number of hydrogen-bond donors (Lipinski definition) is 0. The van der Waals surface area contributed by atoms with Crippen molar-refractivity contribution in [2.75, 3.05) is 0 Å². The van der Waals surface area contributed by atoms with Crippen molar-refractivity contribution in [1.82, 2.24) is 14.5 Å². The topological polar surface area (TPSA) is 30.3 Å². The number of benzene rings is 3. The van der Waals surface area contributed by atoms with Gasteiger partial charge in [-0.1, -0.05) is 86.1 Å². The van der Waals surface area contributed by atoms with Gasteiger partial charge in [0, 0.05) is 31.7 Å². The van der Waals surface area contributed by atoms with Crippen LogP contribution in [-0.4, -0.2) is 20.6 Å². The second-order valence-electron chi connectivity index (χ2n) is 9.39. The predicted octanol–water partition coefficient (Wildman–Crippen LogP) is 7.34. The fourth-order valence-electron chi connectivity index (χ4n) is 4.36. The third-order valence-corrected chi connectivity index (χ3v) is 6.04. The van der Waals surface area contributed by atoms with Crippen molar-refractivity contribution in [2.45, 2.75) is 65.9 Å². The minimum atomic E-state index is 0.178. The summed E-state index contributed by atoms with van der Waals surface area (Å²) in [6, 6.07) is 29.8. The largest absolute Gasteiger partial charge is 0.491 e. The van der Waals surface area contributed by atoms with Crippen molar-refractivity contribution in [3.63, 3.8) is 0 Å². The molecule has 0 saturated carbocycles. The second kappa shape index (κ2) is 12.4. The first-order chi connectivity index (χ1) is 17.1. The predicted molar refractivity (Wildman–Crippen MR) is 144 cm³/mol. The van der Waals surface area contributed by atoms with Crippen molar-refractivity contribution in [1.29, 1.82) is 0 Å². The molecule has 0 saturated heterocycles. The molecule has 0 atom stereocenters. The average molecular weight is 468 g/mol. The van der Waals surface area contributed by atoms with Crippen LogP contribution in [0.2, 0.25) is 0 Å². The van der Waals surface area contributed by atoms with Gasteiger partial charge in [0.15, 0.2) is 0 Å². The Morgan fingerprint density at radius 1 is 0.800 bits per heavy atom. The molecule has 0 fully saturated rings. The summed E-state index contributed by atoms with van der Waals surface area (Å²) in [5.74, 6) is 1.98. The Morgan fingerprint density at radius 3 is 2.06 bits per heavy atom. The van der Waals surface area contributed by atoms with E-state index >= 15 is 0 Å². The van der Waals surface area contributed by atoms with Crippen molar-refractivity contribution in [3.8, 4) is 17.1 Å². The van der Waals surface area contributed by atoms with Gasteiger partial charge >= 0.3 is 0 Å². The van der Waals surface area contributed by atoms with Crippen LogP contribution in [0, 0.1) is 0 Å². The lowest BCUT2D eigenvalue weighted by Crippen LogP contribution is -2.24. The number of nitrogens with zero attached hydrogens (tertiary/aromatic N) is 3. The molecule has 3 aromatic carbocycles. The molecule has 0 aliphatic heterocycles. The van der Waals surface area contributed by atoms with Gasteiger partial charge in [-0.25, -0.2) is 4.98 Å². The Kier molecular flexibility index (Phi) is 8.74. The van der Waals surface area contributed by atoms with E-state index in [1.807, 2.05) is 0 Å². The lowest BCUT2D eigenvalue weighted by molar-refractivity contribution is 0.237. The zero-order valence-electron chi connectivity index (χ0n) is 21.2. The maximum Gasteiger partial charge on any atom is 0.140 e. The van der Waals surface area contributed by atoms with Gasteiger partial charge in [-0.15, -0.1) is 0 Å². The molecular formula is C31H37N3O. The molecule has 4 rings (SSSR count). The Labute approximate surface area is 210 Å². The molecule has 0 unspecified atom stereocenters. The molecule has 0 spiro atoms. The zero-order valence-corrected chi connectivity index (χ0v) is 21.2. The molecule has 0 aliphatic carbocycles. The minimum Gasteiger partial charge on any atom is -0.491 e. The lowest BCUT2D eigenvalue weighted by Gasteiger charge is -2.24. The summed E-state index contributed by atoms with van der Waals surface area (Å²) in [7, 11) is 0. The van der Waals surface area contributed by atoms with Crippen molar-refractivity contribution in [3.05, 3.63) is 108 Å². The van der Waals surface area contributed by atoms with Crippen LogP contribution in [0.15, 0.2) is 91.1 Å². The van der Waals surface area contributed by atoms with Gasteiger partial charge in [-0.3, -0.25) is 4.90 Å². The maximum absolute atomic E-state index is 5.84. The van der Waals surface area contributed by atoms with Crippen molar-refractivity contribution in [2.24, 2.45) is 0 Å². The van der Waals surface area contributed by atoms with Crippen LogP contribution in [0.4, 0.5) is 0 Å². The molecule has 0 N–H and O–H groups in total. The van der Waals surface area contributed by atoms with Crippen LogP contribution in [0.25, 0.3) is 11.4 Å². The van der Waals surface area contributed by atoms with Crippen LogP contribution in [-0.2, 0) is 26.2 Å². The summed E-state index contributed by atoms with van der Waals surface area (Å²) in [6.45, 7) is 9.91. The van der Waals surface area contributed by atoms with Gasteiger partial charge in [0.2, 0.25) is 0 Å². The highest BCUT2D eigenvalue weighted by Crippen LogP contribution is 2.23. The third kappa shape index (κ3) is 7.06. The molecule has 182 valence electrons. The molecule has 1 heterocycles. The van der Waals surface area contributed by atoms with E-state index in [-0.39, 0.29) is 6.10 Å². The Bertz CT molecular complexity index is 1150. The standard InChI is InChI=1S/C31H37N3O/c1-4-5-20-34-29(21-32-31(34)28-14-10-7-11-15-28)24-33(22-26-12-8-6-9-13-26)23-27-16-18-30(19-17-27)35-25(2)3/h6-19,21,25H,4-5,20,22-24H2,1-3H3. The van der Waals surface area contributed by atoms with E-state index in [2.05, 4.69) is 121 Å². The molecule has 0 radical (unpaired) electrons. The molecule has 4 aromatic rings. The normalized spacial score (nSPS) is 11.3. The van der Waals surface area contributed by atoms with Gasteiger partial charge in [-0.2, -0.15) is 0 Å². The first-order valence-corrected chi connectivity index (χ1v) is 12.7. The molecule has 1 aromatic heterocycles. The monoisotopic (exact) mass is 467 g/mol. The molecule has 4 nitrogen and oxygen atoms in total. The average Bonchev–Trinajstić information content (AvgIpc) is 3.27. The van der Waals surface area contributed by atoms with E-state index in [9.17, 15) is 0 Å². The summed E-state index contributed by atoms with van der Waals surface area (Å²) in [6.07, 6.45) is 4.54. The Hall–Kier alpha value is -3.37. The summed E-state index contributed by atoms with van der Waals surface area (Å²) in [5, 5.41) is 0. The third-order valence-electron chi connectivity index (χ3n) is 6.04. The molecule has 0 bridgehead atoms. The molecular weight excluding hydrogens is 430 g/mol.